The van der Waals surface area contributed by atoms with E-state index in [0.717, 1.165) is 22.4 Å². The standard InChI is InChI=1S/C20H17N5O/c26-20(22-14-7-2-1-3-8-14)23-16-10-6-9-15(13-16)21-19-24-17-11-4-5-12-18(17)25-19/h1-13H,(H2,21,24,25)(H2,22,23,26). The van der Waals surface area contributed by atoms with Crippen molar-refractivity contribution in [3.63, 3.8) is 0 Å². The first-order valence-electron chi connectivity index (χ1n) is 8.21. The minimum atomic E-state index is -0.294. The Labute approximate surface area is 150 Å². The number of benzene rings is 3. The van der Waals surface area contributed by atoms with Crippen LogP contribution >= 0.6 is 0 Å². The molecule has 0 aliphatic heterocycles. The highest BCUT2D eigenvalue weighted by molar-refractivity contribution is 6.00. The van der Waals surface area contributed by atoms with Crippen LogP contribution < -0.4 is 16.0 Å². The van der Waals surface area contributed by atoms with E-state index in [1.807, 2.05) is 78.9 Å². The van der Waals surface area contributed by atoms with Gasteiger partial charge in [-0.1, -0.05) is 36.4 Å². The molecule has 1 aromatic heterocycles. The SMILES string of the molecule is O=C(Nc1ccccc1)Nc1cccc(Nc2nc3ccccc3[nH]2)c1. The van der Waals surface area contributed by atoms with Gasteiger partial charge in [0.05, 0.1) is 11.0 Å². The third-order valence-electron chi connectivity index (χ3n) is 3.80. The van der Waals surface area contributed by atoms with Crippen LogP contribution in [0.2, 0.25) is 0 Å². The zero-order valence-corrected chi connectivity index (χ0v) is 13.9. The number of H-pyrrole nitrogens is 1. The van der Waals surface area contributed by atoms with Gasteiger partial charge < -0.3 is 20.9 Å². The molecular formula is C20H17N5O. The Hall–Kier alpha value is -3.80. The number of fused-ring (bicyclic) bond motifs is 1. The van der Waals surface area contributed by atoms with E-state index in [0.29, 0.717) is 11.6 Å². The van der Waals surface area contributed by atoms with E-state index in [-0.39, 0.29) is 6.03 Å². The van der Waals surface area contributed by atoms with Crippen LogP contribution in [0, 0.1) is 0 Å². The number of anilines is 4. The topological polar surface area (TPSA) is 81.8 Å². The minimum absolute atomic E-state index is 0.294. The molecular weight excluding hydrogens is 326 g/mol. The van der Waals surface area contributed by atoms with Crippen molar-refractivity contribution in [2.24, 2.45) is 0 Å². The maximum absolute atomic E-state index is 12.1. The number of para-hydroxylation sites is 3. The molecule has 4 rings (SSSR count). The largest absolute Gasteiger partial charge is 0.326 e. The second kappa shape index (κ2) is 6.98. The number of urea groups is 1. The Bertz CT molecular complexity index is 1010. The van der Waals surface area contributed by atoms with E-state index in [4.69, 9.17) is 0 Å². The van der Waals surface area contributed by atoms with Crippen molar-refractivity contribution in [2.75, 3.05) is 16.0 Å². The molecule has 0 atom stereocenters. The van der Waals surface area contributed by atoms with Crippen molar-refractivity contribution < 1.29 is 4.79 Å². The summed E-state index contributed by atoms with van der Waals surface area (Å²) in [7, 11) is 0. The lowest BCUT2D eigenvalue weighted by Crippen LogP contribution is -2.19. The van der Waals surface area contributed by atoms with Gasteiger partial charge in [0, 0.05) is 17.1 Å². The van der Waals surface area contributed by atoms with Crippen LogP contribution in [0.1, 0.15) is 0 Å². The predicted octanol–water partition coefficient (Wildman–Crippen LogP) is 4.95. The number of carbonyl (C=O) groups is 1. The van der Waals surface area contributed by atoms with E-state index >= 15 is 0 Å². The van der Waals surface area contributed by atoms with Gasteiger partial charge in [0.1, 0.15) is 0 Å². The first-order valence-corrected chi connectivity index (χ1v) is 8.21. The molecule has 0 fully saturated rings. The van der Waals surface area contributed by atoms with Crippen molar-refractivity contribution >= 4 is 40.1 Å². The lowest BCUT2D eigenvalue weighted by Gasteiger charge is -2.09. The normalized spacial score (nSPS) is 10.5. The Morgan fingerprint density at radius 2 is 1.46 bits per heavy atom. The second-order valence-electron chi connectivity index (χ2n) is 5.75. The van der Waals surface area contributed by atoms with Gasteiger partial charge >= 0.3 is 6.03 Å². The Morgan fingerprint density at radius 3 is 2.31 bits per heavy atom. The minimum Gasteiger partial charge on any atom is -0.326 e. The van der Waals surface area contributed by atoms with Crippen LogP contribution in [0.15, 0.2) is 78.9 Å². The number of hydrogen-bond acceptors (Lipinski definition) is 3. The summed E-state index contributed by atoms with van der Waals surface area (Å²) in [6.07, 6.45) is 0. The number of aromatic amines is 1. The van der Waals surface area contributed by atoms with E-state index in [1.54, 1.807) is 0 Å². The van der Waals surface area contributed by atoms with Gasteiger partial charge in [-0.05, 0) is 42.5 Å². The Balaban J connectivity index is 1.45. The lowest BCUT2D eigenvalue weighted by molar-refractivity contribution is 0.262. The molecule has 3 aromatic carbocycles. The van der Waals surface area contributed by atoms with E-state index in [1.165, 1.54) is 0 Å². The molecule has 26 heavy (non-hydrogen) atoms. The summed E-state index contributed by atoms with van der Waals surface area (Å²) in [5, 5.41) is 8.83. The fourth-order valence-electron chi connectivity index (χ4n) is 2.64. The maximum Gasteiger partial charge on any atom is 0.323 e. The summed E-state index contributed by atoms with van der Waals surface area (Å²) in [5.41, 5.74) is 4.10. The first kappa shape index (κ1) is 15.7. The molecule has 6 nitrogen and oxygen atoms in total. The van der Waals surface area contributed by atoms with Gasteiger partial charge in [-0.25, -0.2) is 9.78 Å². The number of aromatic nitrogens is 2. The molecule has 0 saturated heterocycles. The average molecular weight is 343 g/mol. The van der Waals surface area contributed by atoms with Gasteiger partial charge in [0.2, 0.25) is 5.95 Å². The summed E-state index contributed by atoms with van der Waals surface area (Å²) in [5.74, 6) is 0.650. The lowest BCUT2D eigenvalue weighted by atomic mass is 10.3. The van der Waals surface area contributed by atoms with Crippen molar-refractivity contribution in [1.82, 2.24) is 9.97 Å². The summed E-state index contributed by atoms with van der Waals surface area (Å²) < 4.78 is 0. The molecule has 0 saturated carbocycles. The van der Waals surface area contributed by atoms with Crippen molar-refractivity contribution in [3.05, 3.63) is 78.9 Å². The number of carbonyl (C=O) groups excluding carboxylic acids is 1. The highest BCUT2D eigenvalue weighted by Crippen LogP contribution is 2.21. The molecule has 0 unspecified atom stereocenters. The molecule has 128 valence electrons. The summed E-state index contributed by atoms with van der Waals surface area (Å²) in [6.45, 7) is 0. The molecule has 2 amide bonds. The van der Waals surface area contributed by atoms with Gasteiger partial charge in [-0.3, -0.25) is 0 Å². The van der Waals surface area contributed by atoms with Crippen LogP contribution in [0.4, 0.5) is 27.8 Å². The van der Waals surface area contributed by atoms with E-state index < -0.39 is 0 Å². The molecule has 0 aliphatic rings. The molecule has 4 aromatic rings. The number of rotatable bonds is 4. The first-order chi connectivity index (χ1) is 12.8. The molecule has 1 heterocycles. The number of hydrogen-bond donors (Lipinski definition) is 4. The third-order valence-corrected chi connectivity index (χ3v) is 3.80. The van der Waals surface area contributed by atoms with Gasteiger partial charge in [0.25, 0.3) is 0 Å². The zero-order valence-electron chi connectivity index (χ0n) is 13.9. The number of imidazole rings is 1. The Kier molecular flexibility index (Phi) is 4.22. The van der Waals surface area contributed by atoms with Crippen LogP contribution in [0.25, 0.3) is 11.0 Å². The second-order valence-corrected chi connectivity index (χ2v) is 5.75. The third kappa shape index (κ3) is 3.64. The quantitative estimate of drug-likeness (QED) is 0.423. The van der Waals surface area contributed by atoms with Gasteiger partial charge in [-0.15, -0.1) is 0 Å². The number of nitrogens with one attached hydrogen (secondary N) is 4. The highest BCUT2D eigenvalue weighted by Gasteiger charge is 2.05. The molecule has 0 aliphatic carbocycles. The predicted molar refractivity (Wildman–Crippen MR) is 105 cm³/mol. The van der Waals surface area contributed by atoms with Crippen LogP contribution in [-0.2, 0) is 0 Å². The molecule has 0 bridgehead atoms. The van der Waals surface area contributed by atoms with Gasteiger partial charge in [-0.2, -0.15) is 0 Å². The highest BCUT2D eigenvalue weighted by atomic mass is 16.2. The van der Waals surface area contributed by atoms with Crippen LogP contribution in [-0.4, -0.2) is 16.0 Å². The Morgan fingerprint density at radius 1 is 0.769 bits per heavy atom. The molecule has 6 heteroatoms. The number of nitrogens with zero attached hydrogens (tertiary/aromatic N) is 1. The fourth-order valence-corrected chi connectivity index (χ4v) is 2.64. The molecule has 4 N–H and O–H groups in total. The summed E-state index contributed by atoms with van der Waals surface area (Å²) in [6, 6.07) is 24.3. The van der Waals surface area contributed by atoms with Gasteiger partial charge in [0.15, 0.2) is 0 Å². The summed E-state index contributed by atoms with van der Waals surface area (Å²) >= 11 is 0. The van der Waals surface area contributed by atoms with Crippen molar-refractivity contribution in [2.45, 2.75) is 0 Å². The zero-order chi connectivity index (χ0) is 17.8. The van der Waals surface area contributed by atoms with Crippen molar-refractivity contribution in [1.29, 1.82) is 0 Å². The van der Waals surface area contributed by atoms with Crippen molar-refractivity contribution in [3.8, 4) is 0 Å². The maximum atomic E-state index is 12.1. The molecule has 0 spiro atoms. The molecule has 0 radical (unpaired) electrons. The fraction of sp³-hybridized carbons (Fsp3) is 0. The van der Waals surface area contributed by atoms with E-state index in [9.17, 15) is 4.79 Å². The monoisotopic (exact) mass is 343 g/mol. The number of amides is 2. The van der Waals surface area contributed by atoms with Crippen LogP contribution in [0.3, 0.4) is 0 Å². The van der Waals surface area contributed by atoms with E-state index in [2.05, 4.69) is 25.9 Å². The summed E-state index contributed by atoms with van der Waals surface area (Å²) in [4.78, 5) is 19.8. The average Bonchev–Trinajstić information content (AvgIpc) is 3.05. The smallest absolute Gasteiger partial charge is 0.323 e. The van der Waals surface area contributed by atoms with Crippen LogP contribution in [0.5, 0.6) is 0 Å².